The summed E-state index contributed by atoms with van der Waals surface area (Å²) in [6, 6.07) is 3.71. The number of anilines is 2. The molecule has 0 bridgehead atoms. The minimum atomic E-state index is -0.495. The largest absolute Gasteiger partial charge is 0.374 e. The number of amides is 1. The van der Waals surface area contributed by atoms with Gasteiger partial charge in [0, 0.05) is 17.3 Å². The first kappa shape index (κ1) is 13.8. The van der Waals surface area contributed by atoms with Gasteiger partial charge in [0.25, 0.3) is 0 Å². The molecule has 7 heteroatoms. The van der Waals surface area contributed by atoms with Crippen LogP contribution in [0.2, 0.25) is 5.02 Å². The molecular weight excluding hydrogens is 289 g/mol. The van der Waals surface area contributed by atoms with Crippen LogP contribution in [0.4, 0.5) is 15.2 Å². The highest BCUT2D eigenvalue weighted by Gasteiger charge is 2.14. The second-order valence-corrected chi connectivity index (χ2v) is 5.12. The zero-order valence-corrected chi connectivity index (χ0v) is 11.6. The lowest BCUT2D eigenvalue weighted by molar-refractivity contribution is -0.116. The van der Waals surface area contributed by atoms with Gasteiger partial charge in [0.1, 0.15) is 11.9 Å². The van der Waals surface area contributed by atoms with Gasteiger partial charge in [-0.25, -0.2) is 9.37 Å². The number of hydrogen-bond acceptors (Lipinski definition) is 4. The number of halogens is 2. The molecule has 0 spiro atoms. The van der Waals surface area contributed by atoms with Crippen molar-refractivity contribution in [2.45, 2.75) is 13.0 Å². The van der Waals surface area contributed by atoms with Crippen LogP contribution < -0.4 is 10.6 Å². The lowest BCUT2D eigenvalue weighted by atomic mass is 10.2. The van der Waals surface area contributed by atoms with Gasteiger partial charge in [-0.15, -0.1) is 11.3 Å². The number of carbonyl (C=O) groups is 1. The van der Waals surface area contributed by atoms with E-state index in [1.165, 1.54) is 29.5 Å². The maximum atomic E-state index is 13.0. The molecule has 1 aromatic carbocycles. The first-order chi connectivity index (χ1) is 9.06. The van der Waals surface area contributed by atoms with Crippen molar-refractivity contribution in [3.8, 4) is 0 Å². The molecule has 0 radical (unpaired) electrons. The third kappa shape index (κ3) is 3.65. The van der Waals surface area contributed by atoms with E-state index < -0.39 is 11.9 Å². The van der Waals surface area contributed by atoms with E-state index in [-0.39, 0.29) is 10.9 Å². The zero-order chi connectivity index (χ0) is 13.8. The van der Waals surface area contributed by atoms with Crippen molar-refractivity contribution in [3.63, 3.8) is 0 Å². The molecule has 0 aliphatic carbocycles. The number of benzene rings is 1. The summed E-state index contributed by atoms with van der Waals surface area (Å²) in [7, 11) is 0. The Bertz CT molecular complexity index is 576. The fourth-order valence-electron chi connectivity index (χ4n) is 1.40. The molecule has 2 rings (SSSR count). The molecule has 0 saturated carbocycles. The van der Waals surface area contributed by atoms with Crippen molar-refractivity contribution < 1.29 is 9.18 Å². The maximum absolute atomic E-state index is 13.0. The van der Waals surface area contributed by atoms with Gasteiger partial charge in [0.05, 0.1) is 5.02 Å². The molecule has 1 atom stereocenters. The fourth-order valence-corrected chi connectivity index (χ4v) is 2.11. The molecule has 0 fully saturated rings. The average molecular weight is 300 g/mol. The van der Waals surface area contributed by atoms with Gasteiger partial charge < -0.3 is 10.6 Å². The number of aromatic nitrogens is 1. The first-order valence-corrected chi connectivity index (χ1v) is 6.74. The van der Waals surface area contributed by atoms with Crippen LogP contribution >= 0.6 is 22.9 Å². The number of rotatable bonds is 4. The smallest absolute Gasteiger partial charge is 0.248 e. The molecule has 100 valence electrons. The number of thiazole rings is 1. The monoisotopic (exact) mass is 299 g/mol. The van der Waals surface area contributed by atoms with Crippen LogP contribution in [0.1, 0.15) is 6.92 Å². The van der Waals surface area contributed by atoms with Gasteiger partial charge in [-0.05, 0) is 25.1 Å². The van der Waals surface area contributed by atoms with Gasteiger partial charge >= 0.3 is 0 Å². The van der Waals surface area contributed by atoms with E-state index in [2.05, 4.69) is 15.6 Å². The Morgan fingerprint density at radius 2 is 2.32 bits per heavy atom. The van der Waals surface area contributed by atoms with Gasteiger partial charge in [-0.3, -0.25) is 4.79 Å². The lowest BCUT2D eigenvalue weighted by Crippen LogP contribution is -2.31. The van der Waals surface area contributed by atoms with Crippen LogP contribution in [0.25, 0.3) is 0 Å². The maximum Gasteiger partial charge on any atom is 0.248 e. The van der Waals surface area contributed by atoms with Gasteiger partial charge in [0.15, 0.2) is 5.13 Å². The third-order valence-electron chi connectivity index (χ3n) is 2.36. The highest BCUT2D eigenvalue weighted by Crippen LogP contribution is 2.20. The molecule has 2 N–H and O–H groups in total. The molecular formula is C12H11ClFN3OS. The Labute approximate surface area is 118 Å². The Kier molecular flexibility index (Phi) is 4.34. The number of nitrogens with zero attached hydrogens (tertiary/aromatic N) is 1. The standard InChI is InChI=1S/C12H11ClFN3OS/c1-7(11(18)17-12-15-4-5-19-12)16-8-2-3-10(14)9(13)6-8/h2-7,16H,1H3,(H,15,17,18)/t7-/m0/s1. The van der Waals surface area contributed by atoms with Crippen LogP contribution in [0.5, 0.6) is 0 Å². The van der Waals surface area contributed by atoms with Crippen molar-refractivity contribution in [2.24, 2.45) is 0 Å². The van der Waals surface area contributed by atoms with Crippen molar-refractivity contribution in [3.05, 3.63) is 40.6 Å². The third-order valence-corrected chi connectivity index (χ3v) is 3.34. The number of nitrogens with one attached hydrogen (secondary N) is 2. The Hall–Kier alpha value is -1.66. The van der Waals surface area contributed by atoms with Crippen molar-refractivity contribution >= 4 is 39.7 Å². The molecule has 2 aromatic rings. The highest BCUT2D eigenvalue weighted by atomic mass is 35.5. The minimum Gasteiger partial charge on any atom is -0.374 e. The van der Waals surface area contributed by atoms with E-state index in [0.29, 0.717) is 10.8 Å². The van der Waals surface area contributed by atoms with Crippen LogP contribution in [0, 0.1) is 5.82 Å². The molecule has 19 heavy (non-hydrogen) atoms. The SMILES string of the molecule is C[C@H](Nc1ccc(F)c(Cl)c1)C(=O)Nc1nccs1. The summed E-state index contributed by atoms with van der Waals surface area (Å²) in [4.78, 5) is 15.8. The summed E-state index contributed by atoms with van der Waals surface area (Å²) < 4.78 is 13.0. The summed E-state index contributed by atoms with van der Waals surface area (Å²) in [6.07, 6.45) is 1.61. The molecule has 1 amide bonds. The molecule has 0 saturated heterocycles. The second-order valence-electron chi connectivity index (χ2n) is 3.82. The first-order valence-electron chi connectivity index (χ1n) is 5.48. The van der Waals surface area contributed by atoms with Gasteiger partial charge in [0.2, 0.25) is 5.91 Å². The molecule has 0 aliphatic heterocycles. The summed E-state index contributed by atoms with van der Waals surface area (Å²) in [6.45, 7) is 1.69. The second kappa shape index (κ2) is 5.99. The van der Waals surface area contributed by atoms with E-state index in [1.54, 1.807) is 18.5 Å². The molecule has 0 aliphatic rings. The van der Waals surface area contributed by atoms with Crippen LogP contribution in [-0.4, -0.2) is 16.9 Å². The Morgan fingerprint density at radius 1 is 1.53 bits per heavy atom. The van der Waals surface area contributed by atoms with E-state index in [4.69, 9.17) is 11.6 Å². The van der Waals surface area contributed by atoms with Crippen molar-refractivity contribution in [1.29, 1.82) is 0 Å². The summed E-state index contributed by atoms with van der Waals surface area (Å²) in [5, 5.41) is 7.92. The molecule has 1 aromatic heterocycles. The Balaban J connectivity index is 1.98. The van der Waals surface area contributed by atoms with E-state index in [0.717, 1.165) is 0 Å². The van der Waals surface area contributed by atoms with E-state index in [1.807, 2.05) is 0 Å². The van der Waals surface area contributed by atoms with Crippen molar-refractivity contribution in [1.82, 2.24) is 4.98 Å². The predicted molar refractivity (Wildman–Crippen MR) is 75.2 cm³/mol. The Morgan fingerprint density at radius 3 is 2.95 bits per heavy atom. The fraction of sp³-hybridized carbons (Fsp3) is 0.167. The van der Waals surface area contributed by atoms with Gasteiger partial charge in [-0.1, -0.05) is 11.6 Å². The molecule has 4 nitrogen and oxygen atoms in total. The minimum absolute atomic E-state index is 0.0116. The summed E-state index contributed by atoms with van der Waals surface area (Å²) in [5.74, 6) is -0.720. The van der Waals surface area contributed by atoms with Gasteiger partial charge in [-0.2, -0.15) is 0 Å². The van der Waals surface area contributed by atoms with Crippen molar-refractivity contribution in [2.75, 3.05) is 10.6 Å². The van der Waals surface area contributed by atoms with E-state index in [9.17, 15) is 9.18 Å². The zero-order valence-electron chi connectivity index (χ0n) is 9.98. The van der Waals surface area contributed by atoms with Crippen LogP contribution in [0.3, 0.4) is 0 Å². The quantitative estimate of drug-likeness (QED) is 0.910. The lowest BCUT2D eigenvalue weighted by Gasteiger charge is -2.14. The summed E-state index contributed by atoms with van der Waals surface area (Å²) >= 11 is 7.01. The number of carbonyl (C=O) groups excluding carboxylic acids is 1. The van der Waals surface area contributed by atoms with Crippen LogP contribution in [0.15, 0.2) is 29.8 Å². The summed E-state index contributed by atoms with van der Waals surface area (Å²) in [5.41, 5.74) is 0.577. The normalized spacial score (nSPS) is 11.9. The predicted octanol–water partition coefficient (Wildman–Crippen LogP) is 3.37. The molecule has 0 unspecified atom stereocenters. The molecule has 1 heterocycles. The number of hydrogen-bond donors (Lipinski definition) is 2. The highest BCUT2D eigenvalue weighted by molar-refractivity contribution is 7.13. The van der Waals surface area contributed by atoms with Crippen LogP contribution in [-0.2, 0) is 4.79 Å². The van der Waals surface area contributed by atoms with E-state index >= 15 is 0 Å². The topological polar surface area (TPSA) is 54.0 Å². The average Bonchev–Trinajstić information content (AvgIpc) is 2.86.